The maximum atomic E-state index is 13.6. The van der Waals surface area contributed by atoms with E-state index in [9.17, 15) is 14.4 Å². The average molecular weight is 447 g/mol. The normalized spacial score (nSPS) is 12.8. The molecule has 1 aliphatic carbocycles. The van der Waals surface area contributed by atoms with Gasteiger partial charge in [0.2, 0.25) is 0 Å². The first kappa shape index (κ1) is 20.5. The quantitative estimate of drug-likeness (QED) is 0.424. The third-order valence-corrected chi connectivity index (χ3v) is 7.34. The van der Waals surface area contributed by atoms with E-state index >= 15 is 0 Å². The number of hydrogen-bond donors (Lipinski definition) is 0. The van der Waals surface area contributed by atoms with E-state index in [2.05, 4.69) is 0 Å². The van der Waals surface area contributed by atoms with E-state index in [0.717, 1.165) is 42.2 Å². The van der Waals surface area contributed by atoms with Crippen molar-refractivity contribution >= 4 is 27.8 Å². The van der Waals surface area contributed by atoms with Crippen molar-refractivity contribution in [1.29, 1.82) is 0 Å². The molecule has 0 unspecified atom stereocenters. The first-order valence-electron chi connectivity index (χ1n) is 10.5. The van der Waals surface area contributed by atoms with Gasteiger partial charge >= 0.3 is 5.69 Å². The van der Waals surface area contributed by atoms with E-state index in [4.69, 9.17) is 4.74 Å². The van der Waals surface area contributed by atoms with Crippen LogP contribution < -0.4 is 16.0 Å². The molecular formula is C25H22N2O4S. The Morgan fingerprint density at radius 3 is 2.59 bits per heavy atom. The van der Waals surface area contributed by atoms with Crippen LogP contribution >= 0.6 is 11.3 Å². The molecule has 0 aliphatic heterocycles. The van der Waals surface area contributed by atoms with Gasteiger partial charge in [-0.2, -0.15) is 0 Å². The zero-order valence-corrected chi connectivity index (χ0v) is 18.5. The second-order valence-electron chi connectivity index (χ2n) is 7.97. The molecule has 162 valence electrons. The largest absolute Gasteiger partial charge is 0.496 e. The van der Waals surface area contributed by atoms with E-state index in [-0.39, 0.29) is 24.3 Å². The predicted octanol–water partition coefficient (Wildman–Crippen LogP) is 3.63. The summed E-state index contributed by atoms with van der Waals surface area (Å²) < 4.78 is 8.48. The summed E-state index contributed by atoms with van der Waals surface area (Å²) in [4.78, 5) is 40.3. The molecule has 0 fully saturated rings. The molecule has 4 aromatic rings. The molecule has 0 saturated heterocycles. The Hall–Kier alpha value is -3.45. The SMILES string of the molecule is COc1ccc(C=O)cc1Cn1c(=O)n(Cc2ccccc2)c(=O)c2c3c(sc21)CCC3. The number of hydrogen-bond acceptors (Lipinski definition) is 5. The van der Waals surface area contributed by atoms with Crippen LogP contribution in [0.4, 0.5) is 0 Å². The van der Waals surface area contributed by atoms with Crippen LogP contribution in [0.5, 0.6) is 5.75 Å². The summed E-state index contributed by atoms with van der Waals surface area (Å²) in [5, 5.41) is 0.656. The maximum Gasteiger partial charge on any atom is 0.332 e. The summed E-state index contributed by atoms with van der Waals surface area (Å²) in [5.74, 6) is 0.598. The number of aryl methyl sites for hydroxylation is 2. The Bertz CT molecular complexity index is 1450. The van der Waals surface area contributed by atoms with Crippen molar-refractivity contribution in [3.8, 4) is 5.75 Å². The molecular weight excluding hydrogens is 424 g/mol. The summed E-state index contributed by atoms with van der Waals surface area (Å²) in [5.41, 5.74) is 2.63. The molecule has 7 heteroatoms. The van der Waals surface area contributed by atoms with Crippen molar-refractivity contribution in [2.45, 2.75) is 32.4 Å². The highest BCUT2D eigenvalue weighted by Gasteiger charge is 2.25. The van der Waals surface area contributed by atoms with Crippen LogP contribution in [0.25, 0.3) is 10.2 Å². The number of rotatable bonds is 6. The summed E-state index contributed by atoms with van der Waals surface area (Å²) in [6.45, 7) is 0.430. The second kappa shape index (κ2) is 8.24. The number of ether oxygens (including phenoxy) is 1. The summed E-state index contributed by atoms with van der Waals surface area (Å²) in [6, 6.07) is 14.7. The van der Waals surface area contributed by atoms with Crippen LogP contribution in [0.2, 0.25) is 0 Å². The van der Waals surface area contributed by atoms with Crippen LogP contribution in [0, 0.1) is 0 Å². The zero-order chi connectivity index (χ0) is 22.2. The van der Waals surface area contributed by atoms with Gasteiger partial charge in [0, 0.05) is 16.0 Å². The Balaban J connectivity index is 1.75. The number of aldehydes is 1. The van der Waals surface area contributed by atoms with Gasteiger partial charge in [0.05, 0.1) is 25.6 Å². The number of carbonyl (C=O) groups is 1. The molecule has 5 rings (SSSR count). The number of thiophene rings is 1. The fourth-order valence-electron chi connectivity index (χ4n) is 4.47. The van der Waals surface area contributed by atoms with Gasteiger partial charge in [-0.25, -0.2) is 4.79 Å². The zero-order valence-electron chi connectivity index (χ0n) is 17.7. The lowest BCUT2D eigenvalue weighted by molar-refractivity contribution is 0.112. The van der Waals surface area contributed by atoms with Crippen LogP contribution in [-0.4, -0.2) is 22.5 Å². The number of fused-ring (bicyclic) bond motifs is 3. The van der Waals surface area contributed by atoms with Crippen LogP contribution in [0.1, 0.15) is 38.3 Å². The summed E-state index contributed by atoms with van der Waals surface area (Å²) in [7, 11) is 1.56. The topological polar surface area (TPSA) is 70.3 Å². The van der Waals surface area contributed by atoms with Gasteiger partial charge in [-0.1, -0.05) is 30.3 Å². The first-order chi connectivity index (χ1) is 15.6. The van der Waals surface area contributed by atoms with Crippen molar-refractivity contribution in [2.75, 3.05) is 7.11 Å². The minimum Gasteiger partial charge on any atom is -0.496 e. The van der Waals surface area contributed by atoms with Crippen molar-refractivity contribution in [1.82, 2.24) is 9.13 Å². The van der Waals surface area contributed by atoms with Gasteiger partial charge in [-0.15, -0.1) is 11.3 Å². The molecule has 2 heterocycles. The Labute approximate surface area is 188 Å². The van der Waals surface area contributed by atoms with E-state index in [0.29, 0.717) is 21.5 Å². The maximum absolute atomic E-state index is 13.6. The van der Waals surface area contributed by atoms with Crippen molar-refractivity contribution in [2.24, 2.45) is 0 Å². The first-order valence-corrected chi connectivity index (χ1v) is 11.4. The molecule has 2 aromatic carbocycles. The molecule has 0 atom stereocenters. The minimum atomic E-state index is -0.357. The van der Waals surface area contributed by atoms with Gasteiger partial charge < -0.3 is 4.74 Å². The molecule has 0 saturated carbocycles. The van der Waals surface area contributed by atoms with Gasteiger partial charge in [0.25, 0.3) is 5.56 Å². The van der Waals surface area contributed by atoms with Crippen LogP contribution in [0.3, 0.4) is 0 Å². The summed E-state index contributed by atoms with van der Waals surface area (Å²) in [6.07, 6.45) is 3.60. The Morgan fingerprint density at radius 2 is 1.84 bits per heavy atom. The molecule has 0 amide bonds. The highest BCUT2D eigenvalue weighted by atomic mass is 32.1. The monoisotopic (exact) mass is 446 g/mol. The molecule has 0 spiro atoms. The lowest BCUT2D eigenvalue weighted by Gasteiger charge is -2.15. The molecule has 32 heavy (non-hydrogen) atoms. The van der Waals surface area contributed by atoms with E-state index in [1.165, 1.54) is 20.8 Å². The highest BCUT2D eigenvalue weighted by Crippen LogP contribution is 2.35. The van der Waals surface area contributed by atoms with Crippen molar-refractivity contribution in [3.05, 3.63) is 96.5 Å². The van der Waals surface area contributed by atoms with E-state index < -0.39 is 0 Å². The van der Waals surface area contributed by atoms with Gasteiger partial charge in [-0.05, 0) is 48.6 Å². The molecule has 0 N–H and O–H groups in total. The summed E-state index contributed by atoms with van der Waals surface area (Å²) >= 11 is 1.54. The third kappa shape index (κ3) is 3.39. The van der Waals surface area contributed by atoms with Gasteiger partial charge in [0.1, 0.15) is 16.9 Å². The Kier molecular flexibility index (Phi) is 5.27. The lowest BCUT2D eigenvalue weighted by Crippen LogP contribution is -2.40. The number of aromatic nitrogens is 2. The van der Waals surface area contributed by atoms with Crippen molar-refractivity contribution < 1.29 is 9.53 Å². The molecule has 2 aromatic heterocycles. The molecule has 6 nitrogen and oxygen atoms in total. The fraction of sp³-hybridized carbons (Fsp3) is 0.240. The smallest absolute Gasteiger partial charge is 0.332 e. The third-order valence-electron chi connectivity index (χ3n) is 6.02. The Morgan fingerprint density at radius 1 is 1.03 bits per heavy atom. The number of carbonyl (C=O) groups excluding carboxylic acids is 1. The van der Waals surface area contributed by atoms with Crippen LogP contribution in [-0.2, 0) is 25.9 Å². The van der Waals surface area contributed by atoms with E-state index in [1.807, 2.05) is 30.3 Å². The van der Waals surface area contributed by atoms with Gasteiger partial charge in [0.15, 0.2) is 0 Å². The standard InChI is InChI=1S/C25H22N2O4S/c1-31-20-11-10-17(15-28)12-18(20)14-27-24-22(19-8-5-9-21(19)32-24)23(29)26(25(27)30)13-16-6-3-2-4-7-16/h2-4,6-7,10-12,15H,5,8-9,13-14H2,1H3. The number of benzene rings is 2. The predicted molar refractivity (Wildman–Crippen MR) is 125 cm³/mol. The average Bonchev–Trinajstić information content (AvgIpc) is 3.41. The minimum absolute atomic E-state index is 0.213. The molecule has 1 aliphatic rings. The fourth-order valence-corrected chi connectivity index (χ4v) is 5.84. The second-order valence-corrected chi connectivity index (χ2v) is 9.06. The van der Waals surface area contributed by atoms with Crippen LogP contribution in [0.15, 0.2) is 58.1 Å². The number of methoxy groups -OCH3 is 1. The highest BCUT2D eigenvalue weighted by molar-refractivity contribution is 7.18. The van der Waals surface area contributed by atoms with E-state index in [1.54, 1.807) is 29.9 Å². The number of nitrogens with zero attached hydrogens (tertiary/aromatic N) is 2. The van der Waals surface area contributed by atoms with Crippen molar-refractivity contribution in [3.63, 3.8) is 0 Å². The molecule has 0 bridgehead atoms. The molecule has 0 radical (unpaired) electrons. The van der Waals surface area contributed by atoms with Gasteiger partial charge in [-0.3, -0.25) is 18.7 Å². The lowest BCUT2D eigenvalue weighted by atomic mass is 10.1.